The second kappa shape index (κ2) is 6.40. The minimum absolute atomic E-state index is 0.460. The number of carbonyl (C=O) groups excluding carboxylic acids is 1. The molecule has 2 rings (SSSR count). The lowest BCUT2D eigenvalue weighted by Gasteiger charge is -2.11. The molecule has 2 aromatic carbocycles. The fraction of sp³-hybridized carbons (Fsp3) is 0.0625. The maximum Gasteiger partial charge on any atom is 0.211 e. The van der Waals surface area contributed by atoms with Gasteiger partial charge in [-0.05, 0) is 23.3 Å². The van der Waals surface area contributed by atoms with Crippen molar-refractivity contribution in [1.82, 2.24) is 0 Å². The predicted molar refractivity (Wildman–Crippen MR) is 77.0 cm³/mol. The Morgan fingerprint density at radius 1 is 1.16 bits per heavy atom. The van der Waals surface area contributed by atoms with Crippen LogP contribution in [0, 0.1) is 0 Å². The standard InChI is InChI=1S/C16H15NO2/c1-2-13-8-9-16(15(10-13)17-12-18)19-11-14-6-4-3-5-7-14/h2-10,12H,1,11H2,(H,17,18). The molecular weight excluding hydrogens is 238 g/mol. The summed E-state index contributed by atoms with van der Waals surface area (Å²) in [6.45, 7) is 4.16. The van der Waals surface area contributed by atoms with Crippen molar-refractivity contribution < 1.29 is 9.53 Å². The molecule has 19 heavy (non-hydrogen) atoms. The summed E-state index contributed by atoms with van der Waals surface area (Å²) in [5.74, 6) is 0.640. The van der Waals surface area contributed by atoms with Crippen LogP contribution >= 0.6 is 0 Å². The molecule has 1 amide bonds. The van der Waals surface area contributed by atoms with Crippen LogP contribution in [-0.2, 0) is 11.4 Å². The number of amides is 1. The van der Waals surface area contributed by atoms with E-state index in [9.17, 15) is 4.79 Å². The highest BCUT2D eigenvalue weighted by Gasteiger charge is 2.04. The zero-order valence-corrected chi connectivity index (χ0v) is 10.5. The monoisotopic (exact) mass is 253 g/mol. The van der Waals surface area contributed by atoms with Crippen molar-refractivity contribution in [2.45, 2.75) is 6.61 Å². The van der Waals surface area contributed by atoms with Crippen molar-refractivity contribution in [3.8, 4) is 5.75 Å². The molecule has 1 N–H and O–H groups in total. The van der Waals surface area contributed by atoms with Crippen LogP contribution in [-0.4, -0.2) is 6.41 Å². The molecule has 0 aliphatic carbocycles. The summed E-state index contributed by atoms with van der Waals surface area (Å²) in [5, 5.41) is 2.63. The van der Waals surface area contributed by atoms with Crippen molar-refractivity contribution in [3.05, 3.63) is 66.2 Å². The third-order valence-electron chi connectivity index (χ3n) is 2.69. The lowest BCUT2D eigenvalue weighted by molar-refractivity contribution is -0.105. The molecule has 0 spiro atoms. The van der Waals surface area contributed by atoms with Crippen molar-refractivity contribution in [2.75, 3.05) is 5.32 Å². The van der Waals surface area contributed by atoms with Crippen LogP contribution in [0.5, 0.6) is 5.75 Å². The Bertz CT molecular complexity index is 564. The summed E-state index contributed by atoms with van der Waals surface area (Å²) < 4.78 is 5.72. The topological polar surface area (TPSA) is 38.3 Å². The largest absolute Gasteiger partial charge is 0.487 e. The summed E-state index contributed by atoms with van der Waals surface area (Å²) in [6, 6.07) is 15.4. The molecule has 0 aliphatic rings. The average molecular weight is 253 g/mol. The van der Waals surface area contributed by atoms with E-state index in [1.807, 2.05) is 48.5 Å². The van der Waals surface area contributed by atoms with Crippen LogP contribution in [0.3, 0.4) is 0 Å². The van der Waals surface area contributed by atoms with Crippen LogP contribution in [0.15, 0.2) is 55.1 Å². The number of hydrogen-bond acceptors (Lipinski definition) is 2. The number of nitrogens with one attached hydrogen (secondary N) is 1. The van der Waals surface area contributed by atoms with Crippen molar-refractivity contribution in [2.24, 2.45) is 0 Å². The number of carbonyl (C=O) groups is 1. The SMILES string of the molecule is C=Cc1ccc(OCc2ccccc2)c(NC=O)c1. The summed E-state index contributed by atoms with van der Waals surface area (Å²) >= 11 is 0. The highest BCUT2D eigenvalue weighted by Crippen LogP contribution is 2.26. The number of benzene rings is 2. The molecule has 96 valence electrons. The van der Waals surface area contributed by atoms with E-state index in [1.54, 1.807) is 6.08 Å². The molecule has 0 heterocycles. The maximum atomic E-state index is 10.6. The molecule has 3 heteroatoms. The normalized spacial score (nSPS) is 9.68. The van der Waals surface area contributed by atoms with Gasteiger partial charge < -0.3 is 10.1 Å². The van der Waals surface area contributed by atoms with Gasteiger partial charge in [-0.15, -0.1) is 0 Å². The molecule has 3 nitrogen and oxygen atoms in total. The number of anilines is 1. The highest BCUT2D eigenvalue weighted by molar-refractivity contribution is 5.77. The lowest BCUT2D eigenvalue weighted by Crippen LogP contribution is -2.01. The summed E-state index contributed by atoms with van der Waals surface area (Å²) in [5.41, 5.74) is 2.65. The first-order chi connectivity index (χ1) is 9.33. The molecule has 0 radical (unpaired) electrons. The summed E-state index contributed by atoms with van der Waals surface area (Å²) in [6.07, 6.45) is 2.36. The van der Waals surface area contributed by atoms with Crippen molar-refractivity contribution in [3.63, 3.8) is 0 Å². The molecule has 0 saturated heterocycles. The third kappa shape index (κ3) is 3.45. The molecule has 0 aliphatic heterocycles. The van der Waals surface area contributed by atoms with Gasteiger partial charge in [0.15, 0.2) is 0 Å². The van der Waals surface area contributed by atoms with Gasteiger partial charge in [0.1, 0.15) is 12.4 Å². The minimum Gasteiger partial charge on any atom is -0.487 e. The van der Waals surface area contributed by atoms with E-state index < -0.39 is 0 Å². The number of rotatable bonds is 6. The summed E-state index contributed by atoms with van der Waals surface area (Å²) in [4.78, 5) is 10.6. The first kappa shape index (κ1) is 12.9. The first-order valence-electron chi connectivity index (χ1n) is 5.97. The lowest BCUT2D eigenvalue weighted by atomic mass is 10.2. The Hall–Kier alpha value is -2.55. The quantitative estimate of drug-likeness (QED) is 0.800. The van der Waals surface area contributed by atoms with E-state index >= 15 is 0 Å². The van der Waals surface area contributed by atoms with Crippen LogP contribution in [0.4, 0.5) is 5.69 Å². The van der Waals surface area contributed by atoms with Crippen molar-refractivity contribution in [1.29, 1.82) is 0 Å². The Morgan fingerprint density at radius 2 is 1.95 bits per heavy atom. The molecule has 0 bridgehead atoms. The molecule has 0 unspecified atom stereocenters. The maximum absolute atomic E-state index is 10.6. The van der Waals surface area contributed by atoms with Gasteiger partial charge in [0, 0.05) is 0 Å². The van der Waals surface area contributed by atoms with Gasteiger partial charge in [-0.3, -0.25) is 4.79 Å². The first-order valence-corrected chi connectivity index (χ1v) is 5.97. The highest BCUT2D eigenvalue weighted by atomic mass is 16.5. The fourth-order valence-corrected chi connectivity index (χ4v) is 1.71. The number of hydrogen-bond donors (Lipinski definition) is 1. The van der Waals surface area contributed by atoms with Gasteiger partial charge in [0.25, 0.3) is 0 Å². The van der Waals surface area contributed by atoms with Gasteiger partial charge in [0.05, 0.1) is 5.69 Å². The van der Waals surface area contributed by atoms with Gasteiger partial charge in [0.2, 0.25) is 6.41 Å². The predicted octanol–water partition coefficient (Wildman–Crippen LogP) is 3.48. The van der Waals surface area contributed by atoms with Crippen LogP contribution in [0.1, 0.15) is 11.1 Å². The Labute approximate surface area is 112 Å². The molecule has 0 saturated carbocycles. The van der Waals surface area contributed by atoms with E-state index in [-0.39, 0.29) is 0 Å². The van der Waals surface area contributed by atoms with E-state index in [4.69, 9.17) is 4.74 Å². The van der Waals surface area contributed by atoms with Gasteiger partial charge in [-0.25, -0.2) is 0 Å². The van der Waals surface area contributed by atoms with Crippen LogP contribution in [0.2, 0.25) is 0 Å². The van der Waals surface area contributed by atoms with E-state index in [0.717, 1.165) is 11.1 Å². The minimum atomic E-state index is 0.460. The summed E-state index contributed by atoms with van der Waals surface area (Å²) in [7, 11) is 0. The van der Waals surface area contributed by atoms with Gasteiger partial charge in [-0.1, -0.05) is 49.1 Å². The zero-order valence-electron chi connectivity index (χ0n) is 10.5. The van der Waals surface area contributed by atoms with Crippen molar-refractivity contribution >= 4 is 18.2 Å². The second-order valence-electron chi connectivity index (χ2n) is 4.00. The molecule has 0 fully saturated rings. The zero-order chi connectivity index (χ0) is 13.5. The molecular formula is C16H15NO2. The Morgan fingerprint density at radius 3 is 2.63 bits per heavy atom. The van der Waals surface area contributed by atoms with Crippen LogP contribution < -0.4 is 10.1 Å². The third-order valence-corrected chi connectivity index (χ3v) is 2.69. The smallest absolute Gasteiger partial charge is 0.211 e. The van der Waals surface area contributed by atoms with E-state index in [2.05, 4.69) is 11.9 Å². The van der Waals surface area contributed by atoms with Crippen LogP contribution in [0.25, 0.3) is 6.08 Å². The number of ether oxygens (including phenoxy) is 1. The fourth-order valence-electron chi connectivity index (χ4n) is 1.71. The average Bonchev–Trinajstić information content (AvgIpc) is 2.47. The Balaban J connectivity index is 2.14. The van der Waals surface area contributed by atoms with E-state index in [0.29, 0.717) is 24.5 Å². The Kier molecular flexibility index (Phi) is 4.34. The van der Waals surface area contributed by atoms with Gasteiger partial charge in [-0.2, -0.15) is 0 Å². The molecule has 0 aromatic heterocycles. The molecule has 0 atom stereocenters. The van der Waals surface area contributed by atoms with E-state index in [1.165, 1.54) is 0 Å². The second-order valence-corrected chi connectivity index (χ2v) is 4.00. The molecule has 2 aromatic rings. The van der Waals surface area contributed by atoms with Gasteiger partial charge >= 0.3 is 0 Å².